The third-order valence-corrected chi connectivity index (χ3v) is 4.09. The van der Waals surface area contributed by atoms with Gasteiger partial charge in [-0.3, -0.25) is 4.79 Å². The minimum atomic E-state index is 0.0309. The van der Waals surface area contributed by atoms with E-state index < -0.39 is 0 Å². The molecule has 0 unspecified atom stereocenters. The molecule has 3 rings (SSSR count). The second kappa shape index (κ2) is 8.25. The first kappa shape index (κ1) is 17.6. The van der Waals surface area contributed by atoms with Crippen LogP contribution in [0.5, 0.6) is 0 Å². The number of nitrogens with zero attached hydrogens (tertiary/aromatic N) is 3. The highest BCUT2D eigenvalue weighted by atomic mass is 16.1. The molecule has 0 amide bonds. The summed E-state index contributed by atoms with van der Waals surface area (Å²) in [5.41, 5.74) is 2.68. The third-order valence-electron chi connectivity index (χ3n) is 4.09. The van der Waals surface area contributed by atoms with Gasteiger partial charge in [-0.2, -0.15) is 4.98 Å². The Hall–Kier alpha value is -3.21. The Morgan fingerprint density at radius 2 is 1.88 bits per heavy atom. The molecule has 1 heterocycles. The van der Waals surface area contributed by atoms with Crippen LogP contribution in [-0.2, 0) is 6.54 Å². The highest BCUT2D eigenvalue weighted by molar-refractivity contribution is 5.95. The molecular weight excluding hydrogens is 324 g/mol. The van der Waals surface area contributed by atoms with Gasteiger partial charge in [-0.1, -0.05) is 42.5 Å². The Bertz CT molecular complexity index is 880. The van der Waals surface area contributed by atoms with Crippen molar-refractivity contribution in [1.82, 2.24) is 9.97 Å². The van der Waals surface area contributed by atoms with Crippen molar-refractivity contribution in [3.8, 4) is 0 Å². The number of benzene rings is 2. The van der Waals surface area contributed by atoms with Gasteiger partial charge in [0.25, 0.3) is 0 Å². The van der Waals surface area contributed by atoms with Crippen LogP contribution >= 0.6 is 0 Å². The van der Waals surface area contributed by atoms with E-state index in [-0.39, 0.29) is 5.78 Å². The average Bonchev–Trinajstić information content (AvgIpc) is 2.67. The van der Waals surface area contributed by atoms with Crippen LogP contribution in [0, 0.1) is 0 Å². The van der Waals surface area contributed by atoms with Crippen molar-refractivity contribution in [2.75, 3.05) is 16.8 Å². The maximum absolute atomic E-state index is 11.5. The first-order valence-corrected chi connectivity index (χ1v) is 8.65. The first-order chi connectivity index (χ1) is 12.7. The summed E-state index contributed by atoms with van der Waals surface area (Å²) < 4.78 is 0. The average molecular weight is 346 g/mol. The van der Waals surface area contributed by atoms with Crippen molar-refractivity contribution in [3.05, 3.63) is 78.0 Å². The number of Topliss-reactive ketones (excluding diaryl/α,β-unsaturated/α-hetero) is 1. The molecule has 1 N–H and O–H groups in total. The molecule has 0 atom stereocenters. The Labute approximate surface area is 153 Å². The Morgan fingerprint density at radius 1 is 1.08 bits per heavy atom. The summed E-state index contributed by atoms with van der Waals surface area (Å²) in [5.74, 6) is 1.40. The lowest BCUT2D eigenvalue weighted by atomic mass is 10.1. The van der Waals surface area contributed by atoms with Gasteiger partial charge < -0.3 is 10.2 Å². The van der Waals surface area contributed by atoms with Crippen molar-refractivity contribution >= 4 is 23.2 Å². The molecule has 0 radical (unpaired) electrons. The van der Waals surface area contributed by atoms with Crippen LogP contribution in [0.15, 0.2) is 66.9 Å². The van der Waals surface area contributed by atoms with Crippen LogP contribution in [0.25, 0.3) is 0 Å². The van der Waals surface area contributed by atoms with E-state index >= 15 is 0 Å². The number of aromatic nitrogens is 2. The molecule has 0 saturated heterocycles. The number of ketones is 1. The van der Waals surface area contributed by atoms with Crippen molar-refractivity contribution < 1.29 is 4.79 Å². The zero-order valence-corrected chi connectivity index (χ0v) is 15.0. The second-order valence-electron chi connectivity index (χ2n) is 6.00. The molecular formula is C21H22N4O. The van der Waals surface area contributed by atoms with Gasteiger partial charge in [0, 0.05) is 30.5 Å². The lowest BCUT2D eigenvalue weighted by molar-refractivity contribution is 0.101. The number of carbonyl (C=O) groups excluding carboxylic acids is 1. The number of nitrogens with one attached hydrogen (secondary N) is 1. The van der Waals surface area contributed by atoms with Gasteiger partial charge in [-0.05, 0) is 37.6 Å². The second-order valence-corrected chi connectivity index (χ2v) is 6.00. The van der Waals surface area contributed by atoms with Gasteiger partial charge in [0.2, 0.25) is 5.95 Å². The zero-order valence-electron chi connectivity index (χ0n) is 15.0. The summed E-state index contributed by atoms with van der Waals surface area (Å²) in [5, 5.41) is 3.18. The topological polar surface area (TPSA) is 58.1 Å². The zero-order chi connectivity index (χ0) is 18.4. The predicted molar refractivity (Wildman–Crippen MR) is 105 cm³/mol. The van der Waals surface area contributed by atoms with Crippen LogP contribution in [-0.4, -0.2) is 22.3 Å². The molecule has 2 aromatic carbocycles. The molecule has 0 saturated carbocycles. The smallest absolute Gasteiger partial charge is 0.229 e. The molecule has 0 aliphatic carbocycles. The molecule has 5 heteroatoms. The Balaban J connectivity index is 1.78. The lowest BCUT2D eigenvalue weighted by Gasteiger charge is -2.22. The van der Waals surface area contributed by atoms with Crippen LogP contribution in [0.2, 0.25) is 0 Å². The number of anilines is 3. The standard InChI is InChI=1S/C21H22N4O/c1-3-25(15-17-8-5-4-6-9-17)20-12-13-22-21(24-20)23-19-11-7-10-18(14-19)16(2)26/h4-14H,3,15H2,1-2H3,(H,22,23,24). The highest BCUT2D eigenvalue weighted by Crippen LogP contribution is 2.19. The van der Waals surface area contributed by atoms with Gasteiger partial charge >= 0.3 is 0 Å². The number of hydrogen-bond acceptors (Lipinski definition) is 5. The predicted octanol–water partition coefficient (Wildman–Crippen LogP) is 4.45. The summed E-state index contributed by atoms with van der Waals surface area (Å²) >= 11 is 0. The number of carbonyl (C=O) groups is 1. The van der Waals surface area contributed by atoms with Crippen molar-refractivity contribution in [3.63, 3.8) is 0 Å². The van der Waals surface area contributed by atoms with Crippen molar-refractivity contribution in [2.45, 2.75) is 20.4 Å². The van der Waals surface area contributed by atoms with E-state index in [2.05, 4.69) is 39.2 Å². The van der Waals surface area contributed by atoms with E-state index in [0.717, 1.165) is 24.6 Å². The van der Waals surface area contributed by atoms with E-state index in [0.29, 0.717) is 11.5 Å². The highest BCUT2D eigenvalue weighted by Gasteiger charge is 2.09. The fraction of sp³-hybridized carbons (Fsp3) is 0.190. The fourth-order valence-electron chi connectivity index (χ4n) is 2.69. The minimum absolute atomic E-state index is 0.0309. The van der Waals surface area contributed by atoms with Crippen LogP contribution in [0.4, 0.5) is 17.5 Å². The molecule has 3 aromatic rings. The van der Waals surface area contributed by atoms with Gasteiger partial charge in [-0.25, -0.2) is 4.98 Å². The van der Waals surface area contributed by atoms with Gasteiger partial charge in [0.05, 0.1) is 0 Å². The molecule has 1 aromatic heterocycles. The first-order valence-electron chi connectivity index (χ1n) is 8.65. The molecule has 5 nitrogen and oxygen atoms in total. The number of hydrogen-bond donors (Lipinski definition) is 1. The normalized spacial score (nSPS) is 10.4. The number of rotatable bonds is 7. The molecule has 132 valence electrons. The quantitative estimate of drug-likeness (QED) is 0.641. The van der Waals surface area contributed by atoms with Crippen LogP contribution in [0.1, 0.15) is 29.8 Å². The Kier molecular flexibility index (Phi) is 5.59. The van der Waals surface area contributed by atoms with Gasteiger partial charge in [-0.15, -0.1) is 0 Å². The van der Waals surface area contributed by atoms with Gasteiger partial charge in [0.15, 0.2) is 5.78 Å². The molecule has 26 heavy (non-hydrogen) atoms. The molecule has 0 aliphatic rings. The largest absolute Gasteiger partial charge is 0.352 e. The fourth-order valence-corrected chi connectivity index (χ4v) is 2.69. The maximum Gasteiger partial charge on any atom is 0.229 e. The Morgan fingerprint density at radius 3 is 2.62 bits per heavy atom. The molecule has 0 fully saturated rings. The van der Waals surface area contributed by atoms with Crippen molar-refractivity contribution in [1.29, 1.82) is 0 Å². The van der Waals surface area contributed by atoms with E-state index in [9.17, 15) is 4.79 Å². The summed E-state index contributed by atoms with van der Waals surface area (Å²) in [6.45, 7) is 5.28. The SMILES string of the molecule is CCN(Cc1ccccc1)c1ccnc(Nc2cccc(C(C)=O)c2)n1. The van der Waals surface area contributed by atoms with Crippen LogP contribution in [0.3, 0.4) is 0 Å². The van der Waals surface area contributed by atoms with E-state index in [1.165, 1.54) is 5.56 Å². The van der Waals surface area contributed by atoms with E-state index in [4.69, 9.17) is 0 Å². The monoisotopic (exact) mass is 346 g/mol. The van der Waals surface area contributed by atoms with E-state index in [1.807, 2.05) is 36.4 Å². The van der Waals surface area contributed by atoms with Crippen LogP contribution < -0.4 is 10.2 Å². The third kappa shape index (κ3) is 4.45. The summed E-state index contributed by atoms with van der Waals surface area (Å²) in [6.07, 6.45) is 1.74. The lowest BCUT2D eigenvalue weighted by Crippen LogP contribution is -2.23. The van der Waals surface area contributed by atoms with Crippen molar-refractivity contribution in [2.24, 2.45) is 0 Å². The van der Waals surface area contributed by atoms with Gasteiger partial charge in [0.1, 0.15) is 5.82 Å². The molecule has 0 spiro atoms. The summed E-state index contributed by atoms with van der Waals surface area (Å²) in [4.78, 5) is 22.7. The molecule has 0 aliphatic heterocycles. The minimum Gasteiger partial charge on any atom is -0.352 e. The molecule has 0 bridgehead atoms. The maximum atomic E-state index is 11.5. The summed E-state index contributed by atoms with van der Waals surface area (Å²) in [7, 11) is 0. The summed E-state index contributed by atoms with van der Waals surface area (Å²) in [6, 6.07) is 19.6. The van der Waals surface area contributed by atoms with E-state index in [1.54, 1.807) is 25.3 Å².